The number of ether oxygens (including phenoxy) is 1. The average molecular weight is 253 g/mol. The normalized spacial score (nSPS) is 10.2. The molecule has 0 fully saturated rings. The molecule has 2 aromatic rings. The molecule has 82 valence electrons. The summed E-state index contributed by atoms with van der Waals surface area (Å²) < 4.78 is 5.10. The summed E-state index contributed by atoms with van der Waals surface area (Å²) in [6.45, 7) is 0. The molecule has 0 aliphatic heterocycles. The molecule has 0 unspecified atom stereocenters. The molecule has 0 aliphatic carbocycles. The van der Waals surface area contributed by atoms with E-state index in [-0.39, 0.29) is 0 Å². The third kappa shape index (κ3) is 2.16. The van der Waals surface area contributed by atoms with Gasteiger partial charge in [-0.1, -0.05) is 53.5 Å². The zero-order chi connectivity index (χ0) is 11.5. The monoisotopic (exact) mass is 252 g/mol. The van der Waals surface area contributed by atoms with Crippen LogP contribution in [0, 0.1) is 0 Å². The van der Waals surface area contributed by atoms with Crippen molar-refractivity contribution in [2.75, 3.05) is 7.11 Å². The smallest absolute Gasteiger partial charge is 0.156 e. The van der Waals surface area contributed by atoms with Crippen LogP contribution in [0.15, 0.2) is 42.5 Å². The molecule has 0 spiro atoms. The van der Waals surface area contributed by atoms with Gasteiger partial charge in [0.15, 0.2) is 5.75 Å². The number of benzene rings is 2. The van der Waals surface area contributed by atoms with Gasteiger partial charge < -0.3 is 4.74 Å². The number of halogens is 2. The average Bonchev–Trinajstić information content (AvgIpc) is 2.30. The molecule has 0 atom stereocenters. The van der Waals surface area contributed by atoms with Crippen LogP contribution in [0.3, 0.4) is 0 Å². The van der Waals surface area contributed by atoms with E-state index in [0.717, 1.165) is 11.1 Å². The summed E-state index contributed by atoms with van der Waals surface area (Å²) >= 11 is 12.2. The van der Waals surface area contributed by atoms with Crippen LogP contribution in [0.1, 0.15) is 0 Å². The van der Waals surface area contributed by atoms with Gasteiger partial charge in [-0.25, -0.2) is 0 Å². The van der Waals surface area contributed by atoms with Crippen molar-refractivity contribution in [3.63, 3.8) is 0 Å². The van der Waals surface area contributed by atoms with Crippen LogP contribution in [-0.2, 0) is 0 Å². The molecule has 1 nitrogen and oxygen atoms in total. The first-order valence-electron chi connectivity index (χ1n) is 4.81. The first kappa shape index (κ1) is 11.3. The third-order valence-electron chi connectivity index (χ3n) is 2.31. The summed E-state index contributed by atoms with van der Waals surface area (Å²) in [5.74, 6) is 0.517. The van der Waals surface area contributed by atoms with E-state index in [1.54, 1.807) is 7.11 Å². The van der Waals surface area contributed by atoms with Crippen molar-refractivity contribution in [1.29, 1.82) is 0 Å². The van der Waals surface area contributed by atoms with Crippen molar-refractivity contribution in [3.05, 3.63) is 52.5 Å². The summed E-state index contributed by atoms with van der Waals surface area (Å²) in [6.07, 6.45) is 0. The highest BCUT2D eigenvalue weighted by molar-refractivity contribution is 6.37. The number of rotatable bonds is 2. The van der Waals surface area contributed by atoms with Crippen molar-refractivity contribution < 1.29 is 4.74 Å². The lowest BCUT2D eigenvalue weighted by Crippen LogP contribution is -1.87. The maximum absolute atomic E-state index is 6.08. The van der Waals surface area contributed by atoms with E-state index in [4.69, 9.17) is 27.9 Å². The molecule has 0 saturated heterocycles. The highest BCUT2D eigenvalue weighted by atomic mass is 35.5. The molecule has 2 aromatic carbocycles. The second-order valence-electron chi connectivity index (χ2n) is 3.34. The Kier molecular flexibility index (Phi) is 3.37. The Hall–Kier alpha value is -1.18. The number of methoxy groups -OCH3 is 1. The van der Waals surface area contributed by atoms with Crippen molar-refractivity contribution >= 4 is 23.2 Å². The Labute approximate surface area is 105 Å². The predicted octanol–water partition coefficient (Wildman–Crippen LogP) is 4.67. The van der Waals surface area contributed by atoms with Crippen molar-refractivity contribution in [3.8, 4) is 16.9 Å². The summed E-state index contributed by atoms with van der Waals surface area (Å²) in [6, 6.07) is 13.6. The van der Waals surface area contributed by atoms with Gasteiger partial charge in [0.05, 0.1) is 17.2 Å². The molecular formula is C13H10Cl2O. The summed E-state index contributed by atoms with van der Waals surface area (Å²) in [5.41, 5.74) is 2.06. The molecule has 0 aromatic heterocycles. The fourth-order valence-corrected chi connectivity index (χ4v) is 2.19. The van der Waals surface area contributed by atoms with Gasteiger partial charge in [-0.3, -0.25) is 0 Å². The van der Waals surface area contributed by atoms with Crippen LogP contribution in [-0.4, -0.2) is 7.11 Å². The molecule has 3 heteroatoms. The second-order valence-corrected chi connectivity index (χ2v) is 4.15. The van der Waals surface area contributed by atoms with Gasteiger partial charge in [0.1, 0.15) is 0 Å². The molecule has 0 bridgehead atoms. The van der Waals surface area contributed by atoms with Crippen LogP contribution in [0.5, 0.6) is 5.75 Å². The zero-order valence-electron chi connectivity index (χ0n) is 8.71. The molecule has 0 N–H and O–H groups in total. The molecule has 0 heterocycles. The lowest BCUT2D eigenvalue weighted by Gasteiger charge is -2.08. The molecule has 0 amide bonds. The van der Waals surface area contributed by atoms with Gasteiger partial charge in [0.2, 0.25) is 0 Å². The van der Waals surface area contributed by atoms with Crippen molar-refractivity contribution in [2.24, 2.45) is 0 Å². The maximum atomic E-state index is 6.08. The topological polar surface area (TPSA) is 9.23 Å². The molecule has 0 saturated carbocycles. The van der Waals surface area contributed by atoms with Crippen LogP contribution in [0.2, 0.25) is 10.0 Å². The zero-order valence-corrected chi connectivity index (χ0v) is 10.2. The van der Waals surface area contributed by atoms with Gasteiger partial charge in [0, 0.05) is 0 Å². The SMILES string of the molecule is COc1c(Cl)cc(-c2ccccc2)cc1Cl. The lowest BCUT2D eigenvalue weighted by molar-refractivity contribution is 0.415. The quantitative estimate of drug-likeness (QED) is 0.755. The van der Waals surface area contributed by atoms with E-state index in [1.807, 2.05) is 42.5 Å². The minimum atomic E-state index is 0.517. The van der Waals surface area contributed by atoms with Crippen LogP contribution >= 0.6 is 23.2 Å². The minimum absolute atomic E-state index is 0.517. The van der Waals surface area contributed by atoms with Crippen LogP contribution < -0.4 is 4.74 Å². The van der Waals surface area contributed by atoms with Crippen molar-refractivity contribution in [2.45, 2.75) is 0 Å². The van der Waals surface area contributed by atoms with Gasteiger partial charge in [-0.05, 0) is 23.3 Å². The standard InChI is InChI=1S/C13H10Cl2O/c1-16-13-11(14)7-10(8-12(13)15)9-5-3-2-4-6-9/h2-8H,1H3. The molecule has 0 radical (unpaired) electrons. The van der Waals surface area contributed by atoms with Gasteiger partial charge in [-0.2, -0.15) is 0 Å². The minimum Gasteiger partial charge on any atom is -0.494 e. The number of hydrogen-bond donors (Lipinski definition) is 0. The first-order valence-corrected chi connectivity index (χ1v) is 5.56. The Morgan fingerprint density at radius 2 is 1.44 bits per heavy atom. The van der Waals surface area contributed by atoms with Crippen LogP contribution in [0.4, 0.5) is 0 Å². The molecule has 0 aliphatic rings. The van der Waals surface area contributed by atoms with E-state index in [2.05, 4.69) is 0 Å². The first-order chi connectivity index (χ1) is 7.72. The Bertz CT molecular complexity index is 472. The van der Waals surface area contributed by atoms with Crippen molar-refractivity contribution in [1.82, 2.24) is 0 Å². The van der Waals surface area contributed by atoms with E-state index >= 15 is 0 Å². The maximum Gasteiger partial charge on any atom is 0.156 e. The van der Waals surface area contributed by atoms with Crippen LogP contribution in [0.25, 0.3) is 11.1 Å². The highest BCUT2D eigenvalue weighted by Gasteiger charge is 2.09. The van der Waals surface area contributed by atoms with Gasteiger partial charge in [0.25, 0.3) is 0 Å². The fourth-order valence-electron chi connectivity index (χ4n) is 1.55. The summed E-state index contributed by atoms with van der Waals surface area (Å²) in [4.78, 5) is 0. The predicted molar refractivity (Wildman–Crippen MR) is 68.5 cm³/mol. The summed E-state index contributed by atoms with van der Waals surface area (Å²) in [5, 5.41) is 1.04. The van der Waals surface area contributed by atoms with E-state index in [9.17, 15) is 0 Å². The Balaban J connectivity index is 2.53. The van der Waals surface area contributed by atoms with Gasteiger partial charge in [-0.15, -0.1) is 0 Å². The second kappa shape index (κ2) is 4.77. The Morgan fingerprint density at radius 3 is 1.94 bits per heavy atom. The highest BCUT2D eigenvalue weighted by Crippen LogP contribution is 2.37. The fraction of sp³-hybridized carbons (Fsp3) is 0.0769. The lowest BCUT2D eigenvalue weighted by atomic mass is 10.1. The van der Waals surface area contributed by atoms with E-state index in [0.29, 0.717) is 15.8 Å². The largest absolute Gasteiger partial charge is 0.494 e. The Morgan fingerprint density at radius 1 is 0.875 bits per heavy atom. The third-order valence-corrected chi connectivity index (χ3v) is 2.87. The molecule has 16 heavy (non-hydrogen) atoms. The van der Waals surface area contributed by atoms with E-state index < -0.39 is 0 Å². The van der Waals surface area contributed by atoms with Gasteiger partial charge >= 0.3 is 0 Å². The molecule has 2 rings (SSSR count). The van der Waals surface area contributed by atoms with E-state index in [1.165, 1.54) is 0 Å². The number of hydrogen-bond acceptors (Lipinski definition) is 1. The summed E-state index contributed by atoms with van der Waals surface area (Å²) in [7, 11) is 1.55. The molecular weight excluding hydrogens is 243 g/mol.